The van der Waals surface area contributed by atoms with Gasteiger partial charge in [-0.05, 0) is 38.8 Å². The topological polar surface area (TPSA) is 66.6 Å². The number of nitrogens with zero attached hydrogens (tertiary/aromatic N) is 2. The first kappa shape index (κ1) is 18.3. The molecule has 5 nitrogen and oxygen atoms in total. The van der Waals surface area contributed by atoms with Crippen molar-refractivity contribution in [3.8, 4) is 11.3 Å². The first-order chi connectivity index (χ1) is 11.8. The Bertz CT molecular complexity index is 772. The van der Waals surface area contributed by atoms with Gasteiger partial charge in [-0.1, -0.05) is 39.9 Å². The molecule has 0 spiro atoms. The number of hydrogen-bond donors (Lipinski definition) is 1. The molecular weight excluding hydrogens is 438 g/mol. The highest BCUT2D eigenvalue weighted by atomic mass is 127. The minimum Gasteiger partial charge on any atom is -0.390 e. The van der Waals surface area contributed by atoms with Crippen molar-refractivity contribution >= 4 is 28.5 Å². The van der Waals surface area contributed by atoms with Crippen LogP contribution in [0.25, 0.3) is 11.3 Å². The van der Waals surface area contributed by atoms with E-state index in [0.717, 1.165) is 12.8 Å². The lowest BCUT2D eigenvalue weighted by Crippen LogP contribution is -2.51. The van der Waals surface area contributed by atoms with Crippen LogP contribution >= 0.6 is 22.6 Å². The molecule has 1 N–H and O–H groups in total. The zero-order chi connectivity index (χ0) is 18.2. The van der Waals surface area contributed by atoms with Crippen LogP contribution in [-0.2, 0) is 0 Å². The molecule has 0 radical (unpaired) electrons. The van der Waals surface area contributed by atoms with E-state index in [1.165, 1.54) is 12.3 Å². The third kappa shape index (κ3) is 3.57. The van der Waals surface area contributed by atoms with Gasteiger partial charge in [-0.2, -0.15) is 0 Å². The molecule has 1 aromatic carbocycles. The van der Waals surface area contributed by atoms with E-state index >= 15 is 0 Å². The minimum absolute atomic E-state index is 0.0393. The number of aliphatic hydroxyl groups is 1. The standard InChI is InChI=1S/C18H20FIN2O3/c1-18(2,24)13-7-5-9-22(16(13)20)17(23)12-10-21-25-15(12)11-6-3-4-8-14(11)19/h3-4,6,8,10,13,16,24H,5,7,9H2,1-2H3/t13-,16?/m0/s1. The van der Waals surface area contributed by atoms with Crippen LogP contribution in [0.15, 0.2) is 35.0 Å². The fourth-order valence-electron chi connectivity index (χ4n) is 3.25. The average molecular weight is 458 g/mol. The fourth-order valence-corrected chi connectivity index (χ4v) is 5.02. The van der Waals surface area contributed by atoms with Crippen LogP contribution in [0.4, 0.5) is 4.39 Å². The smallest absolute Gasteiger partial charge is 0.260 e. The molecule has 3 rings (SSSR count). The Labute approximate surface area is 159 Å². The summed E-state index contributed by atoms with van der Waals surface area (Å²) < 4.78 is 19.1. The number of carbonyl (C=O) groups is 1. The van der Waals surface area contributed by atoms with Gasteiger partial charge in [0.15, 0.2) is 5.76 Å². The summed E-state index contributed by atoms with van der Waals surface area (Å²) in [4.78, 5) is 14.8. The highest BCUT2D eigenvalue weighted by molar-refractivity contribution is 14.1. The molecule has 2 atom stereocenters. The van der Waals surface area contributed by atoms with Crippen LogP contribution in [0.2, 0.25) is 0 Å². The molecule has 0 aliphatic carbocycles. The maximum absolute atomic E-state index is 14.1. The molecule has 25 heavy (non-hydrogen) atoms. The Morgan fingerprint density at radius 1 is 1.44 bits per heavy atom. The molecule has 0 saturated carbocycles. The fraction of sp³-hybridized carbons (Fsp3) is 0.444. The summed E-state index contributed by atoms with van der Waals surface area (Å²) in [6, 6.07) is 6.14. The summed E-state index contributed by atoms with van der Waals surface area (Å²) >= 11 is 2.20. The summed E-state index contributed by atoms with van der Waals surface area (Å²) in [5.41, 5.74) is -0.430. The van der Waals surface area contributed by atoms with E-state index in [4.69, 9.17) is 4.52 Å². The maximum Gasteiger partial charge on any atom is 0.260 e. The van der Waals surface area contributed by atoms with Crippen molar-refractivity contribution in [1.29, 1.82) is 0 Å². The molecule has 1 saturated heterocycles. The molecule has 2 heterocycles. The van der Waals surface area contributed by atoms with Gasteiger partial charge < -0.3 is 14.5 Å². The number of carbonyl (C=O) groups excluding carboxylic acids is 1. The van der Waals surface area contributed by atoms with Gasteiger partial charge in [0.25, 0.3) is 5.91 Å². The Balaban J connectivity index is 1.92. The summed E-state index contributed by atoms with van der Waals surface area (Å²) in [6.07, 6.45) is 2.99. The first-order valence-electron chi connectivity index (χ1n) is 8.17. The number of alkyl halides is 1. The molecule has 1 aliphatic rings. The van der Waals surface area contributed by atoms with Gasteiger partial charge in [-0.15, -0.1) is 0 Å². The van der Waals surface area contributed by atoms with Crippen molar-refractivity contribution in [2.45, 2.75) is 36.3 Å². The quantitative estimate of drug-likeness (QED) is 0.431. The predicted molar refractivity (Wildman–Crippen MR) is 99.8 cm³/mol. The molecule has 134 valence electrons. The van der Waals surface area contributed by atoms with Crippen LogP contribution in [-0.4, -0.2) is 37.3 Å². The lowest BCUT2D eigenvalue weighted by molar-refractivity contribution is -0.0191. The molecule has 0 bridgehead atoms. The molecule has 1 fully saturated rings. The zero-order valence-electron chi connectivity index (χ0n) is 14.1. The summed E-state index contributed by atoms with van der Waals surface area (Å²) in [7, 11) is 0. The third-order valence-corrected chi connectivity index (χ3v) is 6.17. The Morgan fingerprint density at radius 2 is 2.16 bits per heavy atom. The first-order valence-corrected chi connectivity index (χ1v) is 9.42. The molecular formula is C18H20FIN2O3. The molecule has 1 amide bonds. The van der Waals surface area contributed by atoms with Gasteiger partial charge in [-0.3, -0.25) is 4.79 Å². The predicted octanol–water partition coefficient (Wildman–Crippen LogP) is 3.86. The maximum atomic E-state index is 14.1. The number of halogens is 2. The van der Waals surface area contributed by atoms with Gasteiger partial charge in [-0.25, -0.2) is 4.39 Å². The van der Waals surface area contributed by atoms with Gasteiger partial charge in [0.05, 0.1) is 21.4 Å². The Hall–Kier alpha value is -1.48. The highest BCUT2D eigenvalue weighted by Crippen LogP contribution is 2.37. The molecule has 1 unspecified atom stereocenters. The van der Waals surface area contributed by atoms with E-state index in [1.807, 2.05) is 0 Å². The normalized spacial score (nSPS) is 21.4. The molecule has 7 heteroatoms. The van der Waals surface area contributed by atoms with E-state index in [-0.39, 0.29) is 32.8 Å². The largest absolute Gasteiger partial charge is 0.390 e. The second-order valence-corrected chi connectivity index (χ2v) is 8.10. The monoisotopic (exact) mass is 458 g/mol. The number of likely N-dealkylation sites (tertiary alicyclic amines) is 1. The lowest BCUT2D eigenvalue weighted by Gasteiger charge is -2.43. The molecule has 1 aromatic heterocycles. The van der Waals surface area contributed by atoms with Crippen molar-refractivity contribution in [3.05, 3.63) is 41.8 Å². The van der Waals surface area contributed by atoms with E-state index in [0.29, 0.717) is 6.54 Å². The van der Waals surface area contributed by atoms with E-state index in [1.54, 1.807) is 36.9 Å². The summed E-state index contributed by atoms with van der Waals surface area (Å²) in [6.45, 7) is 4.11. The van der Waals surface area contributed by atoms with Crippen molar-refractivity contribution in [1.82, 2.24) is 10.1 Å². The van der Waals surface area contributed by atoms with Crippen LogP contribution in [0, 0.1) is 11.7 Å². The summed E-state index contributed by atoms with van der Waals surface area (Å²) in [5.74, 6) is -0.625. The van der Waals surface area contributed by atoms with E-state index in [9.17, 15) is 14.3 Å². The van der Waals surface area contributed by atoms with Crippen molar-refractivity contribution in [2.24, 2.45) is 5.92 Å². The number of amides is 1. The van der Waals surface area contributed by atoms with Crippen molar-refractivity contribution in [3.63, 3.8) is 0 Å². The van der Waals surface area contributed by atoms with Crippen molar-refractivity contribution < 1.29 is 18.8 Å². The minimum atomic E-state index is -0.881. The van der Waals surface area contributed by atoms with Crippen LogP contribution < -0.4 is 0 Å². The number of aromatic nitrogens is 1. The van der Waals surface area contributed by atoms with E-state index in [2.05, 4.69) is 27.7 Å². The molecule has 1 aliphatic heterocycles. The SMILES string of the molecule is CC(C)(O)[C@H]1CCCN(C(=O)c2cnoc2-c2ccccc2F)C1I. The van der Waals surface area contributed by atoms with Crippen LogP contribution in [0.5, 0.6) is 0 Å². The van der Waals surface area contributed by atoms with Gasteiger partial charge in [0.1, 0.15) is 11.4 Å². The van der Waals surface area contributed by atoms with Gasteiger partial charge in [0.2, 0.25) is 0 Å². The average Bonchev–Trinajstić information content (AvgIpc) is 3.03. The van der Waals surface area contributed by atoms with Crippen molar-refractivity contribution in [2.75, 3.05) is 6.54 Å². The Morgan fingerprint density at radius 3 is 2.84 bits per heavy atom. The Kier molecular flexibility index (Phi) is 5.15. The second-order valence-electron chi connectivity index (χ2n) is 6.82. The van der Waals surface area contributed by atoms with Gasteiger partial charge in [0, 0.05) is 12.5 Å². The van der Waals surface area contributed by atoms with Gasteiger partial charge >= 0.3 is 0 Å². The zero-order valence-corrected chi connectivity index (χ0v) is 16.2. The number of benzene rings is 1. The number of hydrogen-bond acceptors (Lipinski definition) is 4. The molecule has 2 aromatic rings. The lowest BCUT2D eigenvalue weighted by atomic mass is 9.84. The second kappa shape index (κ2) is 7.03. The number of piperidine rings is 1. The number of rotatable bonds is 3. The third-order valence-electron chi connectivity index (χ3n) is 4.63. The van der Waals surface area contributed by atoms with E-state index < -0.39 is 11.4 Å². The van der Waals surface area contributed by atoms with Crippen LogP contribution in [0.3, 0.4) is 0 Å². The highest BCUT2D eigenvalue weighted by Gasteiger charge is 2.41. The van der Waals surface area contributed by atoms with Crippen LogP contribution in [0.1, 0.15) is 37.0 Å². The summed E-state index contributed by atoms with van der Waals surface area (Å²) in [5, 5.41) is 14.1.